The summed E-state index contributed by atoms with van der Waals surface area (Å²) in [5.74, 6) is 0.0436. The zero-order valence-electron chi connectivity index (χ0n) is 11.6. The van der Waals surface area contributed by atoms with Gasteiger partial charge in [-0.1, -0.05) is 25.1 Å². The Bertz CT molecular complexity index is 451. The van der Waals surface area contributed by atoms with Gasteiger partial charge < -0.3 is 15.7 Å². The molecule has 0 saturated carbocycles. The summed E-state index contributed by atoms with van der Waals surface area (Å²) in [4.78, 5) is 12.4. The lowest BCUT2D eigenvalue weighted by Gasteiger charge is -2.32. The average Bonchev–Trinajstić information content (AvgIpc) is 2.40. The molecule has 19 heavy (non-hydrogen) atoms. The smallest absolute Gasteiger partial charge is 0.230 e. The molecule has 1 aliphatic rings. The third-order valence-corrected chi connectivity index (χ3v) is 3.91. The van der Waals surface area contributed by atoms with Crippen molar-refractivity contribution in [2.24, 2.45) is 5.41 Å². The Kier molecular flexibility index (Phi) is 4.22. The second kappa shape index (κ2) is 5.72. The van der Waals surface area contributed by atoms with Gasteiger partial charge in [-0.3, -0.25) is 4.79 Å². The van der Waals surface area contributed by atoms with E-state index in [-0.39, 0.29) is 11.3 Å². The Balaban J connectivity index is 2.14. The molecule has 0 aliphatic carbocycles. The number of hydrogen-bond donors (Lipinski definition) is 3. The number of hydrogen-bond acceptors (Lipinski definition) is 3. The molecule has 0 radical (unpaired) electrons. The molecule has 1 atom stereocenters. The molecule has 0 bridgehead atoms. The SMILES string of the molecule is CC(O)c1ccccc1NC(=O)C1(C)CCNCC1. The van der Waals surface area contributed by atoms with E-state index < -0.39 is 6.10 Å². The maximum Gasteiger partial charge on any atom is 0.230 e. The van der Waals surface area contributed by atoms with E-state index >= 15 is 0 Å². The van der Waals surface area contributed by atoms with E-state index in [2.05, 4.69) is 10.6 Å². The lowest BCUT2D eigenvalue weighted by molar-refractivity contribution is -0.126. The van der Waals surface area contributed by atoms with E-state index in [1.165, 1.54) is 0 Å². The van der Waals surface area contributed by atoms with Crippen molar-refractivity contribution in [3.63, 3.8) is 0 Å². The van der Waals surface area contributed by atoms with Crippen LogP contribution in [0, 0.1) is 5.41 Å². The van der Waals surface area contributed by atoms with Crippen LogP contribution in [0.1, 0.15) is 38.4 Å². The molecule has 1 amide bonds. The van der Waals surface area contributed by atoms with Crippen LogP contribution >= 0.6 is 0 Å². The Hall–Kier alpha value is -1.39. The Morgan fingerprint density at radius 3 is 2.63 bits per heavy atom. The fraction of sp³-hybridized carbons (Fsp3) is 0.533. The summed E-state index contributed by atoms with van der Waals surface area (Å²) in [6, 6.07) is 7.41. The van der Waals surface area contributed by atoms with E-state index in [0.717, 1.165) is 31.5 Å². The maximum absolute atomic E-state index is 12.4. The summed E-state index contributed by atoms with van der Waals surface area (Å²) >= 11 is 0. The van der Waals surface area contributed by atoms with Crippen molar-refractivity contribution in [1.82, 2.24) is 5.32 Å². The molecule has 4 nitrogen and oxygen atoms in total. The first-order chi connectivity index (χ1) is 9.03. The van der Waals surface area contributed by atoms with Crippen molar-refractivity contribution in [3.05, 3.63) is 29.8 Å². The topological polar surface area (TPSA) is 61.4 Å². The first-order valence-corrected chi connectivity index (χ1v) is 6.82. The van der Waals surface area contributed by atoms with Gasteiger partial charge in [0.25, 0.3) is 0 Å². The highest BCUT2D eigenvalue weighted by Crippen LogP contribution is 2.31. The van der Waals surface area contributed by atoms with Crippen molar-refractivity contribution < 1.29 is 9.90 Å². The van der Waals surface area contributed by atoms with Crippen LogP contribution in [0.25, 0.3) is 0 Å². The van der Waals surface area contributed by atoms with E-state index in [1.54, 1.807) is 6.92 Å². The molecule has 104 valence electrons. The Labute approximate surface area is 114 Å². The summed E-state index contributed by atoms with van der Waals surface area (Å²) in [6.45, 7) is 5.47. The lowest BCUT2D eigenvalue weighted by atomic mass is 9.80. The predicted molar refractivity (Wildman–Crippen MR) is 75.9 cm³/mol. The number of anilines is 1. The minimum atomic E-state index is -0.586. The molecule has 0 spiro atoms. The summed E-state index contributed by atoms with van der Waals surface area (Å²) in [7, 11) is 0. The summed E-state index contributed by atoms with van der Waals surface area (Å²) in [5, 5.41) is 16.0. The van der Waals surface area contributed by atoms with Crippen LogP contribution in [0.15, 0.2) is 24.3 Å². The standard InChI is InChI=1S/C15H22N2O2/c1-11(18)12-5-3-4-6-13(12)17-14(19)15(2)7-9-16-10-8-15/h3-6,11,16,18H,7-10H2,1-2H3,(H,17,19). The van der Waals surface area contributed by atoms with Crippen LogP contribution in [0.5, 0.6) is 0 Å². The number of aliphatic hydroxyl groups excluding tert-OH is 1. The molecule has 1 fully saturated rings. The van der Waals surface area contributed by atoms with Gasteiger partial charge in [-0.25, -0.2) is 0 Å². The summed E-state index contributed by atoms with van der Waals surface area (Å²) in [6.07, 6.45) is 1.10. The second-order valence-electron chi connectivity index (χ2n) is 5.53. The predicted octanol–water partition coefficient (Wildman–Crippen LogP) is 2.07. The second-order valence-corrected chi connectivity index (χ2v) is 5.53. The molecule has 3 N–H and O–H groups in total. The van der Waals surface area contributed by atoms with Gasteiger partial charge in [0.2, 0.25) is 5.91 Å². The van der Waals surface area contributed by atoms with Crippen LogP contribution in [-0.2, 0) is 4.79 Å². The van der Waals surface area contributed by atoms with Gasteiger partial charge >= 0.3 is 0 Å². The minimum absolute atomic E-state index is 0.0436. The maximum atomic E-state index is 12.4. The van der Waals surface area contributed by atoms with Gasteiger partial charge in [-0.15, -0.1) is 0 Å². The van der Waals surface area contributed by atoms with Crippen LogP contribution in [0.4, 0.5) is 5.69 Å². The Morgan fingerprint density at radius 1 is 1.37 bits per heavy atom. The van der Waals surface area contributed by atoms with Gasteiger partial charge in [0.05, 0.1) is 6.10 Å². The van der Waals surface area contributed by atoms with Gasteiger partial charge in [0, 0.05) is 16.7 Å². The molecule has 1 unspecified atom stereocenters. The molecule has 1 heterocycles. The van der Waals surface area contributed by atoms with E-state index in [9.17, 15) is 9.90 Å². The first kappa shape index (κ1) is 14.0. The molecule has 2 rings (SSSR count). The molecule has 1 aromatic carbocycles. The highest BCUT2D eigenvalue weighted by molar-refractivity contribution is 5.95. The fourth-order valence-corrected chi connectivity index (χ4v) is 2.45. The van der Waals surface area contributed by atoms with E-state index in [0.29, 0.717) is 5.69 Å². The average molecular weight is 262 g/mol. The number of amides is 1. The quantitative estimate of drug-likeness (QED) is 0.781. The minimum Gasteiger partial charge on any atom is -0.389 e. The third-order valence-electron chi connectivity index (χ3n) is 3.91. The number of benzene rings is 1. The van der Waals surface area contributed by atoms with Gasteiger partial charge in [0.15, 0.2) is 0 Å². The molecule has 0 aromatic heterocycles. The largest absolute Gasteiger partial charge is 0.389 e. The highest BCUT2D eigenvalue weighted by atomic mass is 16.3. The van der Waals surface area contributed by atoms with Crippen LogP contribution in [0.3, 0.4) is 0 Å². The molecular formula is C15H22N2O2. The molecule has 1 aromatic rings. The number of rotatable bonds is 3. The van der Waals surface area contributed by atoms with Crippen molar-refractivity contribution in [1.29, 1.82) is 0 Å². The lowest BCUT2D eigenvalue weighted by Crippen LogP contribution is -2.43. The normalized spacial score (nSPS) is 19.7. The monoisotopic (exact) mass is 262 g/mol. The zero-order valence-corrected chi connectivity index (χ0v) is 11.6. The molecule has 1 aliphatic heterocycles. The highest BCUT2D eigenvalue weighted by Gasteiger charge is 2.34. The van der Waals surface area contributed by atoms with Crippen molar-refractivity contribution in [3.8, 4) is 0 Å². The van der Waals surface area contributed by atoms with Crippen molar-refractivity contribution in [2.75, 3.05) is 18.4 Å². The molecule has 1 saturated heterocycles. The van der Waals surface area contributed by atoms with Crippen LogP contribution in [-0.4, -0.2) is 24.1 Å². The van der Waals surface area contributed by atoms with Crippen LogP contribution < -0.4 is 10.6 Å². The first-order valence-electron chi connectivity index (χ1n) is 6.82. The number of aliphatic hydroxyl groups is 1. The van der Waals surface area contributed by atoms with E-state index in [4.69, 9.17) is 0 Å². The zero-order chi connectivity index (χ0) is 13.9. The Morgan fingerprint density at radius 2 is 2.00 bits per heavy atom. The van der Waals surface area contributed by atoms with Gasteiger partial charge in [-0.2, -0.15) is 0 Å². The summed E-state index contributed by atoms with van der Waals surface area (Å²) < 4.78 is 0. The number of carbonyl (C=O) groups excluding carboxylic acids is 1. The van der Waals surface area contributed by atoms with Crippen LogP contribution in [0.2, 0.25) is 0 Å². The number of carbonyl (C=O) groups is 1. The van der Waals surface area contributed by atoms with Gasteiger partial charge in [-0.05, 0) is 38.9 Å². The number of nitrogens with one attached hydrogen (secondary N) is 2. The van der Waals surface area contributed by atoms with Crippen molar-refractivity contribution >= 4 is 11.6 Å². The van der Waals surface area contributed by atoms with Crippen molar-refractivity contribution in [2.45, 2.75) is 32.8 Å². The number of piperidine rings is 1. The fourth-order valence-electron chi connectivity index (χ4n) is 2.45. The molecule has 4 heteroatoms. The summed E-state index contributed by atoms with van der Waals surface area (Å²) in [5.41, 5.74) is 1.15. The van der Waals surface area contributed by atoms with Gasteiger partial charge in [0.1, 0.15) is 0 Å². The molecular weight excluding hydrogens is 240 g/mol. The number of para-hydroxylation sites is 1. The van der Waals surface area contributed by atoms with E-state index in [1.807, 2.05) is 31.2 Å². The third kappa shape index (κ3) is 3.14.